The van der Waals surface area contributed by atoms with Gasteiger partial charge in [-0.3, -0.25) is 0 Å². The number of nitrogens with one attached hydrogen (secondary N) is 2. The van der Waals surface area contributed by atoms with E-state index in [9.17, 15) is 0 Å². The van der Waals surface area contributed by atoms with Crippen LogP contribution in [-0.4, -0.2) is 0 Å². The van der Waals surface area contributed by atoms with E-state index in [1.807, 2.05) is 0 Å². The quantitative estimate of drug-likeness (QED) is 0.174. The monoisotopic (exact) mass is 825 g/mol. The Kier molecular flexibility index (Phi) is 7.51. The Labute approximate surface area is 338 Å². The minimum Gasteiger partial charge on any atom is -0.355 e. The molecule has 0 unspecified atom stereocenters. The molecule has 0 aliphatic carbocycles. The number of fused-ring (bicyclic) bond motifs is 6. The molecule has 0 spiro atoms. The number of nitrogens with zero attached hydrogens (tertiary/aromatic N) is 1. The molecule has 0 fully saturated rings. The normalized spacial score (nSPS) is 16.2. The maximum atomic E-state index is 3.91. The predicted molar refractivity (Wildman–Crippen MR) is 241 cm³/mol. The van der Waals surface area contributed by atoms with Gasteiger partial charge < -0.3 is 15.5 Å². The molecule has 2 N–H and O–H groups in total. The Morgan fingerprint density at radius 2 is 0.909 bits per heavy atom. The molecule has 3 nitrogen and oxygen atoms in total. The summed E-state index contributed by atoms with van der Waals surface area (Å²) in [5.74, 6) is 0. The Balaban J connectivity index is 1.32. The molecule has 55 heavy (non-hydrogen) atoms. The lowest BCUT2D eigenvalue weighted by Crippen LogP contribution is -2.32. The van der Waals surface area contributed by atoms with Gasteiger partial charge in [0, 0.05) is 48.3 Å². The van der Waals surface area contributed by atoms with Crippen LogP contribution in [-0.2, 0) is 16.2 Å². The number of hydrogen-bond acceptors (Lipinski definition) is 3. The maximum Gasteiger partial charge on any atom is 0.0508 e. The van der Waals surface area contributed by atoms with Crippen LogP contribution >= 0.6 is 22.6 Å². The summed E-state index contributed by atoms with van der Waals surface area (Å²) in [6.07, 6.45) is 0. The second kappa shape index (κ2) is 12.1. The lowest BCUT2D eigenvalue weighted by molar-refractivity contribution is 0.628. The van der Waals surface area contributed by atoms with Crippen molar-refractivity contribution >= 4 is 62.4 Å². The molecule has 0 saturated carbocycles. The highest BCUT2D eigenvalue weighted by Crippen LogP contribution is 2.60. The molecule has 0 aromatic heterocycles. The third kappa shape index (κ3) is 4.93. The molecule has 7 aromatic carbocycles. The molecular weight excluding hydrogens is 781 g/mol. The first-order valence-electron chi connectivity index (χ1n) is 19.3. The summed E-state index contributed by atoms with van der Waals surface area (Å²) in [7, 11) is 0. The highest BCUT2D eigenvalue weighted by Gasteiger charge is 2.43. The van der Waals surface area contributed by atoms with E-state index < -0.39 is 0 Å². The fourth-order valence-corrected chi connectivity index (χ4v) is 10.5. The second-order valence-electron chi connectivity index (χ2n) is 16.9. The van der Waals surface area contributed by atoms with Crippen molar-refractivity contribution in [2.24, 2.45) is 0 Å². The topological polar surface area (TPSA) is 27.3 Å². The number of anilines is 7. The molecule has 4 heteroatoms. The van der Waals surface area contributed by atoms with E-state index in [1.54, 1.807) is 0 Å². The Morgan fingerprint density at radius 1 is 0.400 bits per heavy atom. The number of rotatable bonds is 3. The highest BCUT2D eigenvalue weighted by molar-refractivity contribution is 14.1. The summed E-state index contributed by atoms with van der Waals surface area (Å²) in [6, 6.07) is 54.1. The molecular formula is C51H44IN3. The zero-order chi connectivity index (χ0) is 37.9. The molecule has 0 amide bonds. The van der Waals surface area contributed by atoms with Gasteiger partial charge in [0.2, 0.25) is 0 Å². The summed E-state index contributed by atoms with van der Waals surface area (Å²) >= 11 is 2.41. The molecule has 0 saturated heterocycles. The SMILES string of the molecule is CC1(C)c2ccccc2Nc2cccc(-c3ccc4c(c3-c3cccc5c3C(C)(C)c3ccccc3N5c3ccc(I)cc3)C(C)(C)c3ccccc3N4)c21. The molecule has 270 valence electrons. The number of halogens is 1. The fraction of sp³-hybridized carbons (Fsp3) is 0.176. The van der Waals surface area contributed by atoms with E-state index in [0.717, 1.165) is 11.4 Å². The van der Waals surface area contributed by atoms with Gasteiger partial charge >= 0.3 is 0 Å². The van der Waals surface area contributed by atoms with E-state index in [0.29, 0.717) is 0 Å². The van der Waals surface area contributed by atoms with Gasteiger partial charge in [0.15, 0.2) is 0 Å². The van der Waals surface area contributed by atoms with Crippen molar-refractivity contribution in [3.05, 3.63) is 183 Å². The average molecular weight is 826 g/mol. The minimum absolute atomic E-state index is 0.239. The van der Waals surface area contributed by atoms with Crippen LogP contribution in [0.2, 0.25) is 0 Å². The number of para-hydroxylation sites is 3. The van der Waals surface area contributed by atoms with E-state index in [2.05, 4.69) is 225 Å². The van der Waals surface area contributed by atoms with Crippen LogP contribution in [0.5, 0.6) is 0 Å². The molecule has 7 aromatic rings. The average Bonchev–Trinajstić information content (AvgIpc) is 3.18. The molecule has 3 heterocycles. The van der Waals surface area contributed by atoms with Crippen molar-refractivity contribution in [1.82, 2.24) is 0 Å². The largest absolute Gasteiger partial charge is 0.355 e. The zero-order valence-corrected chi connectivity index (χ0v) is 34.3. The van der Waals surface area contributed by atoms with Crippen LogP contribution in [0.3, 0.4) is 0 Å². The molecule has 0 radical (unpaired) electrons. The number of benzene rings is 7. The third-order valence-corrected chi connectivity index (χ3v) is 13.3. The summed E-state index contributed by atoms with van der Waals surface area (Å²) in [4.78, 5) is 2.48. The smallest absolute Gasteiger partial charge is 0.0508 e. The van der Waals surface area contributed by atoms with Crippen molar-refractivity contribution < 1.29 is 0 Å². The van der Waals surface area contributed by atoms with E-state index >= 15 is 0 Å². The lowest BCUT2D eigenvalue weighted by atomic mass is 9.65. The zero-order valence-electron chi connectivity index (χ0n) is 32.2. The lowest BCUT2D eigenvalue weighted by Gasteiger charge is -2.44. The van der Waals surface area contributed by atoms with E-state index in [4.69, 9.17) is 0 Å². The molecule has 10 rings (SSSR count). The summed E-state index contributed by atoms with van der Waals surface area (Å²) in [6.45, 7) is 14.4. The fourth-order valence-electron chi connectivity index (χ4n) is 10.2. The third-order valence-electron chi connectivity index (χ3n) is 12.6. The van der Waals surface area contributed by atoms with Crippen molar-refractivity contribution in [1.29, 1.82) is 0 Å². The Bertz CT molecular complexity index is 2700. The maximum absolute atomic E-state index is 3.91. The van der Waals surface area contributed by atoms with Gasteiger partial charge in [-0.05, 0) is 139 Å². The van der Waals surface area contributed by atoms with Crippen LogP contribution in [0.15, 0.2) is 146 Å². The van der Waals surface area contributed by atoms with Gasteiger partial charge in [-0.15, -0.1) is 0 Å². The Hall–Kier alpha value is -5.33. The summed E-state index contributed by atoms with van der Waals surface area (Å²) in [5.41, 5.74) is 20.5. The van der Waals surface area contributed by atoms with Crippen molar-refractivity contribution in [2.45, 2.75) is 57.8 Å². The first kappa shape index (κ1) is 34.2. The molecule has 3 aliphatic rings. The van der Waals surface area contributed by atoms with Crippen molar-refractivity contribution in [2.75, 3.05) is 15.5 Å². The molecule has 0 atom stereocenters. The van der Waals surface area contributed by atoms with Gasteiger partial charge in [0.25, 0.3) is 0 Å². The van der Waals surface area contributed by atoms with Crippen molar-refractivity contribution in [3.8, 4) is 22.3 Å². The van der Waals surface area contributed by atoms with Crippen LogP contribution < -0.4 is 15.5 Å². The van der Waals surface area contributed by atoms with Crippen molar-refractivity contribution in [3.63, 3.8) is 0 Å². The minimum atomic E-state index is -0.303. The molecule has 3 aliphatic heterocycles. The summed E-state index contributed by atoms with van der Waals surface area (Å²) < 4.78 is 1.22. The van der Waals surface area contributed by atoms with Gasteiger partial charge in [-0.2, -0.15) is 0 Å². The van der Waals surface area contributed by atoms with Crippen LogP contribution in [0.1, 0.15) is 74.9 Å². The standard InChI is InChI=1S/C51H44IN3/c1-49(2)36-17-7-10-20-39(36)53-41-22-13-15-34(46(41)49)33-29-30-42-48(50(3,4)37-18-8-11-21-40(37)54-42)45(33)35-16-14-24-44-47(35)51(5,6)38-19-9-12-23-43(38)55(44)32-27-25-31(52)26-28-32/h7-30,53-54H,1-6H3. The predicted octanol–water partition coefficient (Wildman–Crippen LogP) is 14.5. The molecule has 0 bridgehead atoms. The summed E-state index contributed by atoms with van der Waals surface area (Å²) in [5, 5.41) is 7.75. The van der Waals surface area contributed by atoms with E-state index in [-0.39, 0.29) is 16.2 Å². The van der Waals surface area contributed by atoms with Gasteiger partial charge in [0.1, 0.15) is 0 Å². The van der Waals surface area contributed by atoms with Gasteiger partial charge in [-0.25, -0.2) is 0 Å². The van der Waals surface area contributed by atoms with Crippen LogP contribution in [0.25, 0.3) is 22.3 Å². The second-order valence-corrected chi connectivity index (χ2v) is 18.1. The van der Waals surface area contributed by atoms with E-state index in [1.165, 1.54) is 87.6 Å². The Morgan fingerprint density at radius 3 is 1.60 bits per heavy atom. The number of hydrogen-bond donors (Lipinski definition) is 2. The van der Waals surface area contributed by atoms with Gasteiger partial charge in [0.05, 0.1) is 11.4 Å². The highest BCUT2D eigenvalue weighted by atomic mass is 127. The van der Waals surface area contributed by atoms with Crippen LogP contribution in [0, 0.1) is 3.57 Å². The van der Waals surface area contributed by atoms with Crippen LogP contribution in [0.4, 0.5) is 39.8 Å². The first-order valence-corrected chi connectivity index (χ1v) is 20.4. The van der Waals surface area contributed by atoms with Gasteiger partial charge in [-0.1, -0.05) is 126 Å². The first-order chi connectivity index (χ1) is 26.5.